The molecule has 1 aromatic rings. The summed E-state index contributed by atoms with van der Waals surface area (Å²) in [6.07, 6.45) is 3.82. The van der Waals surface area contributed by atoms with Gasteiger partial charge in [0.05, 0.1) is 0 Å². The number of rotatable bonds is 3. The van der Waals surface area contributed by atoms with Crippen molar-refractivity contribution in [3.05, 3.63) is 29.8 Å². The van der Waals surface area contributed by atoms with Crippen molar-refractivity contribution < 1.29 is 9.59 Å². The van der Waals surface area contributed by atoms with Crippen LogP contribution in [0.2, 0.25) is 0 Å². The zero-order chi connectivity index (χ0) is 16.3. The minimum atomic E-state index is -0.0387. The molecule has 2 heterocycles. The predicted octanol–water partition coefficient (Wildman–Crippen LogP) is 2.67. The topological polar surface area (TPSA) is 61.4 Å². The quantitative estimate of drug-likeness (QED) is 0.880. The Hall–Kier alpha value is -1.59. The summed E-state index contributed by atoms with van der Waals surface area (Å²) >= 11 is 0. The number of likely N-dealkylation sites (tertiary alicyclic amines) is 1. The zero-order valence-electron chi connectivity index (χ0n) is 14.1. The maximum atomic E-state index is 12.7. The normalized spacial score (nSPS) is 19.0. The highest BCUT2D eigenvalue weighted by Crippen LogP contribution is 2.37. The molecule has 6 heteroatoms. The summed E-state index contributed by atoms with van der Waals surface area (Å²) in [5.74, 6) is 0.0293. The van der Waals surface area contributed by atoms with Crippen molar-refractivity contribution in [1.29, 1.82) is 0 Å². The second-order valence-electron chi connectivity index (χ2n) is 6.70. The Bertz CT molecular complexity index is 590. The van der Waals surface area contributed by atoms with E-state index in [9.17, 15) is 9.59 Å². The van der Waals surface area contributed by atoms with Gasteiger partial charge < -0.3 is 15.5 Å². The number of nitrogens with zero attached hydrogens (tertiary/aromatic N) is 1. The number of amides is 2. The third-order valence-electron chi connectivity index (χ3n) is 5.16. The van der Waals surface area contributed by atoms with E-state index in [0.29, 0.717) is 23.1 Å². The van der Waals surface area contributed by atoms with E-state index in [-0.39, 0.29) is 24.2 Å². The van der Waals surface area contributed by atoms with Crippen molar-refractivity contribution in [3.8, 4) is 0 Å². The van der Waals surface area contributed by atoms with Crippen LogP contribution in [0, 0.1) is 5.41 Å². The van der Waals surface area contributed by atoms with Crippen LogP contribution in [-0.2, 0) is 4.79 Å². The summed E-state index contributed by atoms with van der Waals surface area (Å²) in [7, 11) is 0. The van der Waals surface area contributed by atoms with Crippen LogP contribution in [0.5, 0.6) is 0 Å². The minimum Gasteiger partial charge on any atom is -0.339 e. The molecule has 2 N–H and O–H groups in total. The van der Waals surface area contributed by atoms with Crippen LogP contribution in [0.1, 0.15) is 43.0 Å². The van der Waals surface area contributed by atoms with Crippen molar-refractivity contribution in [2.75, 3.05) is 31.5 Å². The number of hydrogen-bond acceptors (Lipinski definition) is 3. The molecule has 0 unspecified atom stereocenters. The molecule has 0 aromatic heterocycles. The molecule has 1 spiro atoms. The molecule has 0 radical (unpaired) electrons. The molecule has 0 atom stereocenters. The van der Waals surface area contributed by atoms with E-state index in [0.717, 1.165) is 39.0 Å². The Labute approximate surface area is 149 Å². The van der Waals surface area contributed by atoms with Gasteiger partial charge in [-0.25, -0.2) is 0 Å². The fourth-order valence-corrected chi connectivity index (χ4v) is 3.57. The van der Waals surface area contributed by atoms with E-state index in [1.165, 1.54) is 6.42 Å². The highest BCUT2D eigenvalue weighted by Gasteiger charge is 2.38. The number of carbonyl (C=O) groups excluding carboxylic acids is 2. The molecule has 1 aromatic carbocycles. The molecule has 2 aliphatic heterocycles. The van der Waals surface area contributed by atoms with E-state index >= 15 is 0 Å². The third-order valence-corrected chi connectivity index (χ3v) is 5.16. The SMILES string of the molecule is CCC(=O)Nc1cccc(C(=O)N2CCC3(CCNC3)CC2)c1.Cl. The molecule has 132 valence electrons. The minimum absolute atomic E-state index is 0. The van der Waals surface area contributed by atoms with Gasteiger partial charge in [0.25, 0.3) is 5.91 Å². The van der Waals surface area contributed by atoms with Crippen molar-refractivity contribution in [1.82, 2.24) is 10.2 Å². The lowest BCUT2D eigenvalue weighted by Crippen LogP contribution is -2.44. The fraction of sp³-hybridized carbons (Fsp3) is 0.556. The number of carbonyl (C=O) groups is 2. The van der Waals surface area contributed by atoms with Gasteiger partial charge in [0.1, 0.15) is 0 Å². The maximum absolute atomic E-state index is 12.7. The van der Waals surface area contributed by atoms with Crippen LogP contribution in [0.25, 0.3) is 0 Å². The summed E-state index contributed by atoms with van der Waals surface area (Å²) in [5.41, 5.74) is 1.75. The lowest BCUT2D eigenvalue weighted by atomic mass is 9.78. The van der Waals surface area contributed by atoms with Gasteiger partial charge in [0, 0.05) is 37.3 Å². The van der Waals surface area contributed by atoms with Gasteiger partial charge in [0.15, 0.2) is 0 Å². The molecule has 2 saturated heterocycles. The smallest absolute Gasteiger partial charge is 0.253 e. The molecular formula is C18H26ClN3O2. The van der Waals surface area contributed by atoms with Gasteiger partial charge in [-0.15, -0.1) is 12.4 Å². The second kappa shape index (κ2) is 7.99. The van der Waals surface area contributed by atoms with E-state index in [1.807, 2.05) is 30.0 Å². The first-order chi connectivity index (χ1) is 11.1. The lowest BCUT2D eigenvalue weighted by Gasteiger charge is -2.39. The Morgan fingerprint density at radius 2 is 2.00 bits per heavy atom. The summed E-state index contributed by atoms with van der Waals surface area (Å²) in [5, 5.41) is 6.26. The van der Waals surface area contributed by atoms with Gasteiger partial charge in [-0.2, -0.15) is 0 Å². The standard InChI is InChI=1S/C18H25N3O2.ClH/c1-2-16(22)20-15-5-3-4-14(12-15)17(23)21-10-7-18(8-11-21)6-9-19-13-18;/h3-5,12,19H,2,6-11,13H2,1H3,(H,20,22);1H. The molecule has 0 bridgehead atoms. The predicted molar refractivity (Wildman–Crippen MR) is 97.7 cm³/mol. The zero-order valence-corrected chi connectivity index (χ0v) is 15.0. The Kier molecular flexibility index (Phi) is 6.24. The van der Waals surface area contributed by atoms with Gasteiger partial charge in [-0.05, 0) is 49.4 Å². The van der Waals surface area contributed by atoms with Crippen LogP contribution in [-0.4, -0.2) is 42.9 Å². The first-order valence-corrected chi connectivity index (χ1v) is 8.52. The van der Waals surface area contributed by atoms with E-state index in [4.69, 9.17) is 0 Å². The first kappa shape index (κ1) is 18.7. The molecule has 2 fully saturated rings. The van der Waals surface area contributed by atoms with Crippen molar-refractivity contribution in [2.24, 2.45) is 5.41 Å². The Morgan fingerprint density at radius 3 is 2.62 bits per heavy atom. The number of benzene rings is 1. The average molecular weight is 352 g/mol. The largest absolute Gasteiger partial charge is 0.339 e. The number of halogens is 1. The molecule has 24 heavy (non-hydrogen) atoms. The number of hydrogen-bond donors (Lipinski definition) is 2. The Balaban J connectivity index is 0.00000208. The van der Waals surface area contributed by atoms with Gasteiger partial charge in [0.2, 0.25) is 5.91 Å². The van der Waals surface area contributed by atoms with Gasteiger partial charge >= 0.3 is 0 Å². The van der Waals surface area contributed by atoms with E-state index in [1.54, 1.807) is 6.07 Å². The number of anilines is 1. The highest BCUT2D eigenvalue weighted by molar-refractivity contribution is 5.97. The summed E-state index contributed by atoms with van der Waals surface area (Å²) < 4.78 is 0. The monoisotopic (exact) mass is 351 g/mol. The summed E-state index contributed by atoms with van der Waals surface area (Å²) in [6, 6.07) is 7.24. The molecule has 2 aliphatic rings. The molecule has 2 amide bonds. The molecule has 3 rings (SSSR count). The summed E-state index contributed by atoms with van der Waals surface area (Å²) in [6.45, 7) is 5.66. The first-order valence-electron chi connectivity index (χ1n) is 8.52. The fourth-order valence-electron chi connectivity index (χ4n) is 3.57. The van der Waals surface area contributed by atoms with Gasteiger partial charge in [-0.3, -0.25) is 9.59 Å². The van der Waals surface area contributed by atoms with Crippen molar-refractivity contribution >= 4 is 29.9 Å². The average Bonchev–Trinajstić information content (AvgIpc) is 3.03. The molecular weight excluding hydrogens is 326 g/mol. The van der Waals surface area contributed by atoms with Crippen LogP contribution in [0.15, 0.2) is 24.3 Å². The van der Waals surface area contributed by atoms with E-state index in [2.05, 4.69) is 10.6 Å². The van der Waals surface area contributed by atoms with E-state index < -0.39 is 0 Å². The van der Waals surface area contributed by atoms with Crippen molar-refractivity contribution in [2.45, 2.75) is 32.6 Å². The lowest BCUT2D eigenvalue weighted by molar-refractivity contribution is -0.115. The van der Waals surface area contributed by atoms with Crippen LogP contribution < -0.4 is 10.6 Å². The molecule has 0 saturated carbocycles. The Morgan fingerprint density at radius 1 is 1.25 bits per heavy atom. The van der Waals surface area contributed by atoms with Crippen LogP contribution in [0.4, 0.5) is 5.69 Å². The van der Waals surface area contributed by atoms with Crippen molar-refractivity contribution in [3.63, 3.8) is 0 Å². The molecule has 5 nitrogen and oxygen atoms in total. The second-order valence-corrected chi connectivity index (χ2v) is 6.70. The number of nitrogens with one attached hydrogen (secondary N) is 2. The van der Waals surface area contributed by atoms with Crippen LogP contribution in [0.3, 0.4) is 0 Å². The maximum Gasteiger partial charge on any atom is 0.253 e. The number of piperidine rings is 1. The van der Waals surface area contributed by atoms with Gasteiger partial charge in [-0.1, -0.05) is 13.0 Å². The summed E-state index contributed by atoms with van der Waals surface area (Å²) in [4.78, 5) is 26.2. The molecule has 0 aliphatic carbocycles. The van der Waals surface area contributed by atoms with Crippen LogP contribution >= 0.6 is 12.4 Å². The highest BCUT2D eigenvalue weighted by atomic mass is 35.5. The third kappa shape index (κ3) is 4.08.